The van der Waals surface area contributed by atoms with E-state index in [1.54, 1.807) is 37.4 Å². The highest BCUT2D eigenvalue weighted by Gasteiger charge is 2.13. The Hall–Kier alpha value is -1.91. The van der Waals surface area contributed by atoms with Crippen molar-refractivity contribution in [1.82, 2.24) is 5.32 Å². The van der Waals surface area contributed by atoms with Crippen LogP contribution in [0.15, 0.2) is 36.4 Å². The van der Waals surface area contributed by atoms with Crippen molar-refractivity contribution in [1.29, 1.82) is 0 Å². The first kappa shape index (κ1) is 15.5. The van der Waals surface area contributed by atoms with Gasteiger partial charge < -0.3 is 15.8 Å². The lowest BCUT2D eigenvalue weighted by atomic mass is 10.1. The van der Waals surface area contributed by atoms with E-state index in [0.29, 0.717) is 32.6 Å². The molecule has 0 unspecified atom stereocenters. The topological polar surface area (TPSA) is 64.3 Å². The smallest absolute Gasteiger partial charge is 0.253 e. The number of nitrogens with one attached hydrogen (secondary N) is 1. The number of hydrogen-bond acceptors (Lipinski definition) is 3. The van der Waals surface area contributed by atoms with E-state index in [1.165, 1.54) is 6.07 Å². The Bertz CT molecular complexity index is 675. The Balaban J connectivity index is 2.15. The number of carbonyl (C=O) groups excluding carboxylic acids is 1. The van der Waals surface area contributed by atoms with E-state index in [1.807, 2.05) is 0 Å². The number of rotatable bonds is 4. The number of amides is 1. The fraction of sp³-hybridized carbons (Fsp3) is 0.133. The number of halogens is 2. The summed E-state index contributed by atoms with van der Waals surface area (Å²) in [6, 6.07) is 10.0. The molecule has 0 aromatic heterocycles. The zero-order valence-corrected chi connectivity index (χ0v) is 12.8. The molecular weight excluding hydrogens is 311 g/mol. The van der Waals surface area contributed by atoms with Gasteiger partial charge in [-0.1, -0.05) is 29.3 Å². The molecule has 110 valence electrons. The standard InChI is InChI=1S/C15H14Cl2N2O2/c1-21-14-4-2-3-12(16)11(14)8-19-15(20)10-6-5-9(18)7-13(10)17/h2-7H,8,18H2,1H3,(H,19,20). The molecule has 0 saturated carbocycles. The summed E-state index contributed by atoms with van der Waals surface area (Å²) in [5.74, 6) is 0.313. The molecule has 0 spiro atoms. The second-order valence-electron chi connectivity index (χ2n) is 4.34. The van der Waals surface area contributed by atoms with E-state index in [0.717, 1.165) is 0 Å². The molecule has 0 aliphatic rings. The molecule has 4 nitrogen and oxygen atoms in total. The maximum Gasteiger partial charge on any atom is 0.253 e. The van der Waals surface area contributed by atoms with Gasteiger partial charge in [-0.3, -0.25) is 4.79 Å². The lowest BCUT2D eigenvalue weighted by Gasteiger charge is -2.12. The number of ether oxygens (including phenoxy) is 1. The molecule has 0 heterocycles. The summed E-state index contributed by atoms with van der Waals surface area (Å²) in [6.45, 7) is 0.238. The third kappa shape index (κ3) is 3.60. The number of anilines is 1. The Morgan fingerprint density at radius 1 is 1.24 bits per heavy atom. The summed E-state index contributed by atoms with van der Waals surface area (Å²) in [7, 11) is 1.55. The molecule has 0 aliphatic carbocycles. The average Bonchev–Trinajstić information content (AvgIpc) is 2.45. The van der Waals surface area contributed by atoms with Crippen molar-refractivity contribution in [3.05, 3.63) is 57.6 Å². The molecule has 0 atom stereocenters. The predicted molar refractivity (Wildman–Crippen MR) is 85.0 cm³/mol. The molecule has 6 heteroatoms. The van der Waals surface area contributed by atoms with Crippen LogP contribution in [0.5, 0.6) is 5.75 Å². The molecule has 0 bridgehead atoms. The number of nitrogen functional groups attached to an aromatic ring is 1. The van der Waals surface area contributed by atoms with Crippen molar-refractivity contribution in [2.45, 2.75) is 6.54 Å². The van der Waals surface area contributed by atoms with E-state index < -0.39 is 0 Å². The van der Waals surface area contributed by atoms with Gasteiger partial charge in [0.1, 0.15) is 5.75 Å². The first-order valence-electron chi connectivity index (χ1n) is 6.17. The highest BCUT2D eigenvalue weighted by Crippen LogP contribution is 2.26. The van der Waals surface area contributed by atoms with Gasteiger partial charge in [0.25, 0.3) is 5.91 Å². The number of methoxy groups -OCH3 is 1. The molecule has 0 radical (unpaired) electrons. The summed E-state index contributed by atoms with van der Waals surface area (Å²) in [4.78, 5) is 12.1. The molecule has 0 aliphatic heterocycles. The van der Waals surface area contributed by atoms with Gasteiger partial charge in [-0.2, -0.15) is 0 Å². The summed E-state index contributed by atoms with van der Waals surface area (Å²) < 4.78 is 5.23. The third-order valence-corrected chi connectivity index (χ3v) is 3.63. The first-order chi connectivity index (χ1) is 10.0. The van der Waals surface area contributed by atoms with Gasteiger partial charge in [0.05, 0.1) is 17.7 Å². The average molecular weight is 325 g/mol. The zero-order chi connectivity index (χ0) is 15.4. The van der Waals surface area contributed by atoms with Crippen LogP contribution >= 0.6 is 23.2 Å². The molecular formula is C15H14Cl2N2O2. The lowest BCUT2D eigenvalue weighted by Crippen LogP contribution is -2.23. The van der Waals surface area contributed by atoms with Gasteiger partial charge in [0.2, 0.25) is 0 Å². The Kier molecular flexibility index (Phi) is 4.94. The molecule has 2 aromatic carbocycles. The predicted octanol–water partition coefficient (Wildman–Crippen LogP) is 3.51. The lowest BCUT2D eigenvalue weighted by molar-refractivity contribution is 0.0951. The Morgan fingerprint density at radius 3 is 2.67 bits per heavy atom. The van der Waals surface area contributed by atoms with Gasteiger partial charge in [-0.25, -0.2) is 0 Å². The molecule has 2 rings (SSSR count). The second-order valence-corrected chi connectivity index (χ2v) is 5.16. The molecule has 1 amide bonds. The van der Waals surface area contributed by atoms with Gasteiger partial charge in [0.15, 0.2) is 0 Å². The van der Waals surface area contributed by atoms with Crippen molar-refractivity contribution in [3.8, 4) is 5.75 Å². The van der Waals surface area contributed by atoms with Crippen molar-refractivity contribution in [2.24, 2.45) is 0 Å². The zero-order valence-electron chi connectivity index (χ0n) is 11.3. The summed E-state index contributed by atoms with van der Waals surface area (Å²) in [5.41, 5.74) is 7.17. The Labute approximate surface area is 132 Å². The second kappa shape index (κ2) is 6.70. The fourth-order valence-electron chi connectivity index (χ4n) is 1.88. The highest BCUT2D eigenvalue weighted by atomic mass is 35.5. The quantitative estimate of drug-likeness (QED) is 0.846. The van der Waals surface area contributed by atoms with Crippen LogP contribution in [-0.4, -0.2) is 13.0 Å². The molecule has 2 aromatic rings. The van der Waals surface area contributed by atoms with Crippen LogP contribution in [0.3, 0.4) is 0 Å². The van der Waals surface area contributed by atoms with E-state index in [4.69, 9.17) is 33.7 Å². The maximum absolute atomic E-state index is 12.1. The molecule has 21 heavy (non-hydrogen) atoms. The number of benzene rings is 2. The minimum Gasteiger partial charge on any atom is -0.496 e. The molecule has 0 saturated heterocycles. The van der Waals surface area contributed by atoms with Crippen molar-refractivity contribution >= 4 is 34.8 Å². The van der Waals surface area contributed by atoms with Crippen LogP contribution in [-0.2, 0) is 6.54 Å². The summed E-state index contributed by atoms with van der Waals surface area (Å²) >= 11 is 12.1. The largest absolute Gasteiger partial charge is 0.496 e. The maximum atomic E-state index is 12.1. The van der Waals surface area contributed by atoms with Crippen molar-refractivity contribution in [2.75, 3.05) is 12.8 Å². The van der Waals surface area contributed by atoms with Crippen LogP contribution < -0.4 is 15.8 Å². The van der Waals surface area contributed by atoms with Crippen molar-refractivity contribution in [3.63, 3.8) is 0 Å². The molecule has 0 fully saturated rings. The van der Waals surface area contributed by atoms with Gasteiger partial charge in [-0.05, 0) is 30.3 Å². The van der Waals surface area contributed by atoms with E-state index in [9.17, 15) is 4.79 Å². The SMILES string of the molecule is COc1cccc(Cl)c1CNC(=O)c1ccc(N)cc1Cl. The van der Waals surface area contributed by atoms with Gasteiger partial charge in [-0.15, -0.1) is 0 Å². The number of hydrogen-bond donors (Lipinski definition) is 2. The number of nitrogens with two attached hydrogens (primary N) is 1. The minimum atomic E-state index is -0.304. The number of carbonyl (C=O) groups is 1. The molecule has 3 N–H and O–H groups in total. The van der Waals surface area contributed by atoms with E-state index in [2.05, 4.69) is 5.32 Å². The van der Waals surface area contributed by atoms with Crippen LogP contribution in [0.2, 0.25) is 10.0 Å². The Morgan fingerprint density at radius 2 is 2.00 bits per heavy atom. The van der Waals surface area contributed by atoms with Crippen LogP contribution in [0.4, 0.5) is 5.69 Å². The monoisotopic (exact) mass is 324 g/mol. The fourth-order valence-corrected chi connectivity index (χ4v) is 2.39. The third-order valence-electron chi connectivity index (χ3n) is 2.96. The van der Waals surface area contributed by atoms with Gasteiger partial charge in [0, 0.05) is 22.8 Å². The van der Waals surface area contributed by atoms with E-state index >= 15 is 0 Å². The van der Waals surface area contributed by atoms with E-state index in [-0.39, 0.29) is 12.5 Å². The van der Waals surface area contributed by atoms with Crippen molar-refractivity contribution < 1.29 is 9.53 Å². The minimum absolute atomic E-state index is 0.238. The normalized spacial score (nSPS) is 10.2. The van der Waals surface area contributed by atoms with Crippen LogP contribution in [0.25, 0.3) is 0 Å². The summed E-state index contributed by atoms with van der Waals surface area (Å²) in [6.07, 6.45) is 0. The highest BCUT2D eigenvalue weighted by molar-refractivity contribution is 6.34. The van der Waals surface area contributed by atoms with Crippen LogP contribution in [0.1, 0.15) is 15.9 Å². The van der Waals surface area contributed by atoms with Crippen LogP contribution in [0, 0.1) is 0 Å². The first-order valence-corrected chi connectivity index (χ1v) is 6.93. The summed E-state index contributed by atoms with van der Waals surface area (Å²) in [5, 5.41) is 3.59. The van der Waals surface area contributed by atoms with Gasteiger partial charge >= 0.3 is 0 Å².